The van der Waals surface area contributed by atoms with Gasteiger partial charge in [0.2, 0.25) is 0 Å². The Bertz CT molecular complexity index is 487. The van der Waals surface area contributed by atoms with Crippen LogP contribution in [0.1, 0.15) is 47.1 Å². The summed E-state index contributed by atoms with van der Waals surface area (Å²) in [5, 5.41) is 1.97. The molecule has 1 aromatic rings. The van der Waals surface area contributed by atoms with Gasteiger partial charge in [0.1, 0.15) is 11.2 Å². The van der Waals surface area contributed by atoms with Gasteiger partial charge in [0.25, 0.3) is 0 Å². The highest BCUT2D eigenvalue weighted by molar-refractivity contribution is 9.10. The average molecular weight is 388 g/mol. The summed E-state index contributed by atoms with van der Waals surface area (Å²) < 4.78 is 10.9. The highest BCUT2D eigenvalue weighted by Crippen LogP contribution is 2.10. The van der Waals surface area contributed by atoms with Gasteiger partial charge < -0.3 is 9.47 Å². The monoisotopic (exact) mass is 387 g/mol. The van der Waals surface area contributed by atoms with Crippen molar-refractivity contribution in [3.05, 3.63) is 34.3 Å². The topological polar surface area (TPSA) is 64.6 Å². The fourth-order valence-electron chi connectivity index (χ4n) is 1.30. The molecule has 0 aliphatic carbocycles. The van der Waals surface area contributed by atoms with Crippen molar-refractivity contribution >= 4 is 28.1 Å². The van der Waals surface area contributed by atoms with Crippen molar-refractivity contribution in [1.29, 1.82) is 0 Å². The van der Waals surface area contributed by atoms with Crippen molar-refractivity contribution in [1.82, 2.24) is 5.32 Å². The Morgan fingerprint density at radius 3 is 1.65 bits per heavy atom. The molecule has 1 aromatic carbocycles. The largest absolute Gasteiger partial charge is 0.443 e. The number of nitrogens with one attached hydrogen (secondary N) is 1. The highest BCUT2D eigenvalue weighted by Gasteiger charge is 2.21. The zero-order chi connectivity index (χ0) is 18.3. The van der Waals surface area contributed by atoms with Crippen LogP contribution in [0.4, 0.5) is 9.59 Å². The Hall–Kier alpha value is -1.56. The minimum Gasteiger partial charge on any atom is -0.443 e. The van der Waals surface area contributed by atoms with E-state index in [1.165, 1.54) is 5.56 Å². The lowest BCUT2D eigenvalue weighted by Crippen LogP contribution is -2.39. The van der Waals surface area contributed by atoms with Crippen LogP contribution in [0.15, 0.2) is 28.7 Å². The lowest BCUT2D eigenvalue weighted by molar-refractivity contribution is 0.0353. The molecule has 23 heavy (non-hydrogen) atoms. The van der Waals surface area contributed by atoms with Gasteiger partial charge in [0.05, 0.1) is 0 Å². The van der Waals surface area contributed by atoms with Crippen molar-refractivity contribution in [3.63, 3.8) is 0 Å². The molecule has 0 spiro atoms. The molecule has 0 saturated heterocycles. The summed E-state index contributed by atoms with van der Waals surface area (Å²) in [5.74, 6) is 0. The number of alkyl carbamates (subject to hydrolysis) is 2. The zero-order valence-electron chi connectivity index (χ0n) is 14.8. The number of aryl methyl sites for hydroxylation is 1. The molecule has 6 heteroatoms. The molecule has 0 aromatic heterocycles. The van der Waals surface area contributed by atoms with Crippen LogP contribution in [0.2, 0.25) is 0 Å². The molecule has 0 atom stereocenters. The zero-order valence-corrected chi connectivity index (χ0v) is 16.4. The third kappa shape index (κ3) is 13.8. The Kier molecular flexibility index (Phi) is 8.31. The molecule has 0 radical (unpaired) electrons. The van der Waals surface area contributed by atoms with E-state index in [0.717, 1.165) is 4.47 Å². The molecular formula is C17H26BrNO4. The lowest BCUT2D eigenvalue weighted by Gasteiger charge is -2.21. The van der Waals surface area contributed by atoms with E-state index in [1.54, 1.807) is 41.5 Å². The highest BCUT2D eigenvalue weighted by atomic mass is 79.9. The molecular weight excluding hydrogens is 362 g/mol. The molecule has 0 fully saturated rings. The Balaban J connectivity index is 0.000000502. The minimum atomic E-state index is -0.809. The van der Waals surface area contributed by atoms with E-state index >= 15 is 0 Å². The van der Waals surface area contributed by atoms with Crippen LogP contribution in [0.25, 0.3) is 0 Å². The second kappa shape index (κ2) is 8.91. The van der Waals surface area contributed by atoms with Crippen LogP contribution in [0.3, 0.4) is 0 Å². The molecule has 0 heterocycles. The van der Waals surface area contributed by atoms with Crippen molar-refractivity contribution in [2.45, 2.75) is 59.7 Å². The third-order valence-electron chi connectivity index (χ3n) is 1.98. The third-order valence-corrected chi connectivity index (χ3v) is 2.48. The predicted octanol–water partition coefficient (Wildman–Crippen LogP) is 5.20. The van der Waals surface area contributed by atoms with Crippen LogP contribution < -0.4 is 5.32 Å². The first kappa shape index (κ1) is 21.4. The summed E-state index contributed by atoms with van der Waals surface area (Å²) in [6.07, 6.45) is -1.62. The fourth-order valence-corrected chi connectivity index (χ4v) is 1.81. The Morgan fingerprint density at radius 2 is 1.39 bits per heavy atom. The van der Waals surface area contributed by atoms with E-state index < -0.39 is 23.4 Å². The first-order chi connectivity index (χ1) is 10.3. The number of imide groups is 1. The summed E-state index contributed by atoms with van der Waals surface area (Å²) in [4.78, 5) is 22.2. The second-order valence-corrected chi connectivity index (χ2v) is 7.84. The van der Waals surface area contributed by atoms with Crippen molar-refractivity contribution in [2.24, 2.45) is 0 Å². The SMILES string of the molecule is CC(C)(C)OC(=O)NC(=O)OC(C)(C)C.Cc1cccc(Br)c1. The molecule has 0 aliphatic heterocycles. The van der Waals surface area contributed by atoms with Crippen molar-refractivity contribution in [3.8, 4) is 0 Å². The van der Waals surface area contributed by atoms with Gasteiger partial charge in [-0.1, -0.05) is 33.6 Å². The van der Waals surface area contributed by atoms with Gasteiger partial charge in [-0.05, 0) is 60.6 Å². The van der Waals surface area contributed by atoms with E-state index in [2.05, 4.69) is 35.0 Å². The Labute approximate surface area is 146 Å². The number of hydrogen-bond donors (Lipinski definition) is 1. The molecule has 130 valence electrons. The normalized spacial score (nSPS) is 11.0. The number of benzene rings is 1. The first-order valence-electron chi connectivity index (χ1n) is 7.24. The summed E-state index contributed by atoms with van der Waals surface area (Å²) in [5.41, 5.74) is 0.0254. The molecule has 0 unspecified atom stereocenters. The van der Waals surface area contributed by atoms with Crippen LogP contribution >= 0.6 is 15.9 Å². The van der Waals surface area contributed by atoms with Crippen LogP contribution in [-0.4, -0.2) is 23.4 Å². The van der Waals surface area contributed by atoms with Gasteiger partial charge in [-0.2, -0.15) is 0 Å². The molecule has 2 amide bonds. The number of hydrogen-bond acceptors (Lipinski definition) is 4. The van der Waals surface area contributed by atoms with E-state index in [-0.39, 0.29) is 0 Å². The van der Waals surface area contributed by atoms with Gasteiger partial charge in [-0.15, -0.1) is 0 Å². The number of ether oxygens (including phenoxy) is 2. The maximum Gasteiger partial charge on any atom is 0.417 e. The van der Waals surface area contributed by atoms with E-state index in [1.807, 2.05) is 17.4 Å². The Morgan fingerprint density at radius 1 is 0.957 bits per heavy atom. The maximum absolute atomic E-state index is 11.1. The molecule has 0 bridgehead atoms. The second-order valence-electron chi connectivity index (χ2n) is 6.93. The quantitative estimate of drug-likeness (QED) is 0.663. The number of amides is 2. The fraction of sp³-hybridized carbons (Fsp3) is 0.529. The summed E-state index contributed by atoms with van der Waals surface area (Å²) in [6.45, 7) is 12.3. The molecule has 5 nitrogen and oxygen atoms in total. The number of rotatable bonds is 0. The molecule has 1 rings (SSSR count). The van der Waals surface area contributed by atoms with Gasteiger partial charge in [-0.25, -0.2) is 14.9 Å². The average Bonchev–Trinajstić information content (AvgIpc) is 2.22. The van der Waals surface area contributed by atoms with Crippen LogP contribution in [-0.2, 0) is 9.47 Å². The lowest BCUT2D eigenvalue weighted by atomic mass is 10.2. The van der Waals surface area contributed by atoms with Gasteiger partial charge in [0.15, 0.2) is 0 Å². The maximum atomic E-state index is 11.1. The van der Waals surface area contributed by atoms with E-state index in [0.29, 0.717) is 0 Å². The van der Waals surface area contributed by atoms with Gasteiger partial charge in [-0.3, -0.25) is 0 Å². The number of carbonyl (C=O) groups excluding carboxylic acids is 2. The number of carbonyl (C=O) groups is 2. The van der Waals surface area contributed by atoms with Gasteiger partial charge >= 0.3 is 12.2 Å². The van der Waals surface area contributed by atoms with Gasteiger partial charge in [0, 0.05) is 4.47 Å². The van der Waals surface area contributed by atoms with Crippen LogP contribution in [0, 0.1) is 6.92 Å². The van der Waals surface area contributed by atoms with Crippen molar-refractivity contribution in [2.75, 3.05) is 0 Å². The summed E-state index contributed by atoms with van der Waals surface area (Å²) in [6, 6.07) is 8.21. The standard InChI is InChI=1S/C10H19NO4.C7H7Br/c1-9(2,3)14-7(12)11-8(13)15-10(4,5)6;1-6-3-2-4-7(8)5-6/h1-6H3,(H,11,12,13);2-5H,1H3. The predicted molar refractivity (Wildman–Crippen MR) is 94.5 cm³/mol. The summed E-state index contributed by atoms with van der Waals surface area (Å²) in [7, 11) is 0. The first-order valence-corrected chi connectivity index (χ1v) is 8.03. The minimum absolute atomic E-state index is 0.633. The summed E-state index contributed by atoms with van der Waals surface area (Å²) >= 11 is 3.36. The van der Waals surface area contributed by atoms with E-state index in [9.17, 15) is 9.59 Å². The molecule has 0 saturated carbocycles. The molecule has 1 N–H and O–H groups in total. The van der Waals surface area contributed by atoms with E-state index in [4.69, 9.17) is 9.47 Å². The van der Waals surface area contributed by atoms with Crippen molar-refractivity contribution < 1.29 is 19.1 Å². The smallest absolute Gasteiger partial charge is 0.417 e. The molecule has 0 aliphatic rings. The number of halogens is 1. The van der Waals surface area contributed by atoms with Crippen LogP contribution in [0.5, 0.6) is 0 Å².